The van der Waals surface area contributed by atoms with Crippen molar-refractivity contribution in [3.63, 3.8) is 0 Å². The molecule has 0 aromatic carbocycles. The molecule has 3 rings (SSSR count). The van der Waals surface area contributed by atoms with Crippen LogP contribution in [0, 0.1) is 0 Å². The topological polar surface area (TPSA) is 69.6 Å². The molecule has 8 heteroatoms. The fraction of sp³-hybridized carbons (Fsp3) is 0.167. The van der Waals surface area contributed by atoms with Gasteiger partial charge in [0.1, 0.15) is 6.33 Å². The fourth-order valence-electron chi connectivity index (χ4n) is 1.56. The lowest BCUT2D eigenvalue weighted by Crippen LogP contribution is -1.95. The van der Waals surface area contributed by atoms with E-state index in [1.165, 1.54) is 11.8 Å². The van der Waals surface area contributed by atoms with Gasteiger partial charge in [-0.15, -0.1) is 38.3 Å². The highest BCUT2D eigenvalue weighted by molar-refractivity contribution is 7.98. The first-order valence-corrected chi connectivity index (χ1v) is 7.71. The third kappa shape index (κ3) is 2.81. The molecule has 6 nitrogen and oxygen atoms in total. The standard InChI is InChI=1S/C12H11N5OS2/c1-2-5-17-8-13-16-12(17)20-7-10-14-15-11(18-10)9-4-3-6-19-9/h2-4,6,8H,1,5,7H2. The molecule has 0 bridgehead atoms. The lowest BCUT2D eigenvalue weighted by molar-refractivity contribution is 0.529. The molecule has 20 heavy (non-hydrogen) atoms. The van der Waals surface area contributed by atoms with E-state index in [0.717, 1.165) is 10.0 Å². The summed E-state index contributed by atoms with van der Waals surface area (Å²) in [5, 5.41) is 18.8. The summed E-state index contributed by atoms with van der Waals surface area (Å²) in [6.07, 6.45) is 3.48. The van der Waals surface area contributed by atoms with Gasteiger partial charge in [-0.05, 0) is 11.4 Å². The van der Waals surface area contributed by atoms with Crippen molar-refractivity contribution in [2.75, 3.05) is 0 Å². The van der Waals surface area contributed by atoms with Crippen LogP contribution in [0.2, 0.25) is 0 Å². The van der Waals surface area contributed by atoms with Crippen LogP contribution in [0.1, 0.15) is 5.89 Å². The Morgan fingerprint density at radius 1 is 1.40 bits per heavy atom. The first kappa shape index (κ1) is 13.1. The molecule has 0 spiro atoms. The fourth-order valence-corrected chi connectivity index (χ4v) is 2.96. The summed E-state index contributed by atoms with van der Waals surface area (Å²) in [7, 11) is 0. The minimum Gasteiger partial charge on any atom is -0.419 e. The van der Waals surface area contributed by atoms with Crippen LogP contribution in [-0.4, -0.2) is 25.0 Å². The van der Waals surface area contributed by atoms with Gasteiger partial charge in [-0.2, -0.15) is 0 Å². The molecular weight excluding hydrogens is 294 g/mol. The lowest BCUT2D eigenvalue weighted by atomic mass is 10.5. The van der Waals surface area contributed by atoms with Gasteiger partial charge < -0.3 is 8.98 Å². The lowest BCUT2D eigenvalue weighted by Gasteiger charge is -2.00. The number of thioether (sulfide) groups is 1. The summed E-state index contributed by atoms with van der Waals surface area (Å²) >= 11 is 3.08. The van der Waals surface area contributed by atoms with Gasteiger partial charge in [0.2, 0.25) is 5.89 Å². The quantitative estimate of drug-likeness (QED) is 0.515. The van der Waals surface area contributed by atoms with E-state index in [2.05, 4.69) is 27.0 Å². The van der Waals surface area contributed by atoms with Crippen molar-refractivity contribution in [2.24, 2.45) is 0 Å². The first-order chi connectivity index (χ1) is 9.86. The molecule has 102 valence electrons. The molecular formula is C12H11N5OS2. The minimum atomic E-state index is 0.558. The van der Waals surface area contributed by atoms with Crippen LogP contribution in [0.4, 0.5) is 0 Å². The van der Waals surface area contributed by atoms with E-state index in [9.17, 15) is 0 Å². The summed E-state index contributed by atoms with van der Waals surface area (Å²) in [6, 6.07) is 3.91. The normalized spacial score (nSPS) is 10.8. The van der Waals surface area contributed by atoms with Gasteiger partial charge in [0.25, 0.3) is 5.89 Å². The second kappa shape index (κ2) is 6.02. The highest BCUT2D eigenvalue weighted by Crippen LogP contribution is 2.25. The third-order valence-corrected chi connectivity index (χ3v) is 4.25. The zero-order valence-corrected chi connectivity index (χ0v) is 12.1. The van der Waals surface area contributed by atoms with Gasteiger partial charge in [0.15, 0.2) is 5.16 Å². The molecule has 3 aromatic heterocycles. The summed E-state index contributed by atoms with van der Waals surface area (Å²) in [4.78, 5) is 0.976. The van der Waals surface area contributed by atoms with Crippen molar-refractivity contribution >= 4 is 23.1 Å². The number of rotatable bonds is 6. The van der Waals surface area contributed by atoms with Crippen molar-refractivity contribution in [1.82, 2.24) is 25.0 Å². The van der Waals surface area contributed by atoms with E-state index < -0.39 is 0 Å². The first-order valence-electron chi connectivity index (χ1n) is 5.84. The van der Waals surface area contributed by atoms with Crippen LogP contribution < -0.4 is 0 Å². The molecule has 0 unspecified atom stereocenters. The zero-order chi connectivity index (χ0) is 13.8. The number of hydrogen-bond donors (Lipinski definition) is 0. The average molecular weight is 305 g/mol. The van der Waals surface area contributed by atoms with E-state index in [1.54, 1.807) is 23.7 Å². The SMILES string of the molecule is C=CCn1cnnc1SCc1nnc(-c2cccs2)o1. The second-order valence-corrected chi connectivity index (χ2v) is 5.71. The summed E-state index contributed by atoms with van der Waals surface area (Å²) in [5.41, 5.74) is 0. The Balaban J connectivity index is 1.67. The van der Waals surface area contributed by atoms with Crippen molar-refractivity contribution in [1.29, 1.82) is 0 Å². The number of hydrogen-bond acceptors (Lipinski definition) is 7. The number of thiophene rings is 1. The molecule has 0 atom stereocenters. The average Bonchev–Trinajstić information content (AvgIpc) is 3.18. The molecule has 0 amide bonds. The van der Waals surface area contributed by atoms with Crippen molar-refractivity contribution < 1.29 is 4.42 Å². The van der Waals surface area contributed by atoms with E-state index in [4.69, 9.17) is 4.42 Å². The number of allylic oxidation sites excluding steroid dienone is 1. The predicted octanol–water partition coefficient (Wildman–Crippen LogP) is 2.87. The summed E-state index contributed by atoms with van der Waals surface area (Å²) in [6.45, 7) is 4.38. The van der Waals surface area contributed by atoms with E-state index >= 15 is 0 Å². The van der Waals surface area contributed by atoms with Crippen molar-refractivity contribution in [2.45, 2.75) is 17.5 Å². The molecule has 3 heterocycles. The molecule has 0 saturated heterocycles. The maximum Gasteiger partial charge on any atom is 0.257 e. The maximum absolute atomic E-state index is 5.62. The molecule has 0 aliphatic carbocycles. The van der Waals surface area contributed by atoms with E-state index in [0.29, 0.717) is 24.1 Å². The second-order valence-electron chi connectivity index (χ2n) is 3.82. The Morgan fingerprint density at radius 2 is 2.35 bits per heavy atom. The van der Waals surface area contributed by atoms with Crippen LogP contribution in [0.3, 0.4) is 0 Å². The molecule has 0 fully saturated rings. The highest BCUT2D eigenvalue weighted by Gasteiger charge is 2.11. The zero-order valence-electron chi connectivity index (χ0n) is 10.5. The minimum absolute atomic E-state index is 0.558. The van der Waals surface area contributed by atoms with Gasteiger partial charge in [-0.3, -0.25) is 0 Å². The Kier molecular flexibility index (Phi) is 3.93. The van der Waals surface area contributed by atoms with Crippen molar-refractivity contribution in [3.8, 4) is 10.8 Å². The molecule has 0 N–H and O–H groups in total. The van der Waals surface area contributed by atoms with Crippen LogP contribution >= 0.6 is 23.1 Å². The third-order valence-electron chi connectivity index (χ3n) is 2.43. The van der Waals surface area contributed by atoms with Gasteiger partial charge in [-0.1, -0.05) is 23.9 Å². The van der Waals surface area contributed by atoms with Crippen LogP contribution in [-0.2, 0) is 12.3 Å². The molecule has 3 aromatic rings. The highest BCUT2D eigenvalue weighted by atomic mass is 32.2. The Labute approximate surface area is 123 Å². The van der Waals surface area contributed by atoms with Gasteiger partial charge in [0.05, 0.1) is 10.6 Å². The number of aromatic nitrogens is 5. The van der Waals surface area contributed by atoms with Gasteiger partial charge in [0, 0.05) is 6.54 Å². The summed E-state index contributed by atoms with van der Waals surface area (Å²) < 4.78 is 7.53. The van der Waals surface area contributed by atoms with Crippen molar-refractivity contribution in [3.05, 3.63) is 42.4 Å². The van der Waals surface area contributed by atoms with Crippen LogP contribution in [0.5, 0.6) is 0 Å². The van der Waals surface area contributed by atoms with Crippen LogP contribution in [0.15, 0.2) is 46.1 Å². The molecule has 0 saturated carbocycles. The van der Waals surface area contributed by atoms with E-state index in [1.807, 2.05) is 22.1 Å². The Morgan fingerprint density at radius 3 is 3.15 bits per heavy atom. The van der Waals surface area contributed by atoms with Gasteiger partial charge in [-0.25, -0.2) is 0 Å². The number of nitrogens with zero attached hydrogens (tertiary/aromatic N) is 5. The monoisotopic (exact) mass is 305 g/mol. The largest absolute Gasteiger partial charge is 0.419 e. The maximum atomic E-state index is 5.62. The van der Waals surface area contributed by atoms with E-state index in [-0.39, 0.29) is 0 Å². The molecule has 0 aliphatic heterocycles. The Hall–Kier alpha value is -1.93. The van der Waals surface area contributed by atoms with Gasteiger partial charge >= 0.3 is 0 Å². The Bertz CT molecular complexity index is 688. The summed E-state index contributed by atoms with van der Waals surface area (Å²) in [5.74, 6) is 1.70. The smallest absolute Gasteiger partial charge is 0.257 e. The predicted molar refractivity (Wildman–Crippen MR) is 77.4 cm³/mol. The van der Waals surface area contributed by atoms with Crippen LogP contribution in [0.25, 0.3) is 10.8 Å². The molecule has 0 radical (unpaired) electrons. The molecule has 0 aliphatic rings.